The number of aromatic nitrogens is 5. The molecule has 0 amide bonds. The number of fused-ring (bicyclic) bond motifs is 1. The molecule has 0 aliphatic carbocycles. The number of ether oxygens (including phenoxy) is 1. The lowest BCUT2D eigenvalue weighted by Gasteiger charge is -2.32. The third-order valence-electron chi connectivity index (χ3n) is 3.16. The Balaban J connectivity index is 1.80. The Kier molecular flexibility index (Phi) is 3.06. The summed E-state index contributed by atoms with van der Waals surface area (Å²) < 4.78 is 7.15. The molecule has 3 rings (SSSR count). The van der Waals surface area contributed by atoms with Crippen LogP contribution in [0.3, 0.4) is 0 Å². The van der Waals surface area contributed by atoms with Crippen molar-refractivity contribution in [2.75, 3.05) is 24.6 Å². The number of nitrogens with zero attached hydrogens (tertiary/aromatic N) is 6. The normalized spacial score (nSPS) is 20.5. The zero-order valence-corrected chi connectivity index (χ0v) is 10.4. The quantitative estimate of drug-likeness (QED) is 0.789. The molecule has 0 aromatic carbocycles. The van der Waals surface area contributed by atoms with Crippen LogP contribution >= 0.6 is 0 Å². The van der Waals surface area contributed by atoms with E-state index in [1.807, 2.05) is 19.1 Å². The Morgan fingerprint density at radius 3 is 3.28 bits per heavy atom. The van der Waals surface area contributed by atoms with Crippen molar-refractivity contribution < 1.29 is 4.74 Å². The lowest BCUT2D eigenvalue weighted by molar-refractivity contribution is 0.0524. The molecule has 7 heteroatoms. The van der Waals surface area contributed by atoms with Crippen LogP contribution < -0.4 is 4.90 Å². The third kappa shape index (κ3) is 2.13. The van der Waals surface area contributed by atoms with Crippen LogP contribution in [-0.4, -0.2) is 51.1 Å². The van der Waals surface area contributed by atoms with E-state index in [1.165, 1.54) is 4.63 Å². The molecule has 0 radical (unpaired) electrons. The van der Waals surface area contributed by atoms with Gasteiger partial charge in [-0.2, -0.15) is 0 Å². The highest BCUT2D eigenvalue weighted by Gasteiger charge is 2.21. The number of anilines is 1. The second kappa shape index (κ2) is 4.85. The first-order valence-corrected chi connectivity index (χ1v) is 6.29. The molecule has 18 heavy (non-hydrogen) atoms. The molecular weight excluding hydrogens is 232 g/mol. The predicted molar refractivity (Wildman–Crippen MR) is 65.4 cm³/mol. The molecule has 2 aromatic heterocycles. The number of tetrazole rings is 1. The molecule has 1 unspecified atom stereocenters. The highest BCUT2D eigenvalue weighted by Crippen LogP contribution is 2.19. The van der Waals surface area contributed by atoms with Crippen LogP contribution in [0.5, 0.6) is 0 Å². The molecule has 96 valence electrons. The van der Waals surface area contributed by atoms with Crippen LogP contribution in [0, 0.1) is 0 Å². The molecule has 1 aliphatic rings. The van der Waals surface area contributed by atoms with Crippen molar-refractivity contribution in [2.45, 2.75) is 25.9 Å². The molecule has 1 atom stereocenters. The van der Waals surface area contributed by atoms with E-state index in [4.69, 9.17) is 4.74 Å². The number of rotatable bonds is 3. The van der Waals surface area contributed by atoms with E-state index in [2.05, 4.69) is 25.5 Å². The minimum atomic E-state index is 0.301. The van der Waals surface area contributed by atoms with E-state index in [9.17, 15) is 0 Å². The minimum absolute atomic E-state index is 0.301. The van der Waals surface area contributed by atoms with Crippen LogP contribution in [-0.2, 0) is 4.74 Å². The summed E-state index contributed by atoms with van der Waals surface area (Å²) in [6, 6.07) is 3.84. The summed E-state index contributed by atoms with van der Waals surface area (Å²) in [5.74, 6) is 0.902. The smallest absolute Gasteiger partial charge is 0.200 e. The lowest BCUT2D eigenvalue weighted by atomic mass is 10.1. The topological polar surface area (TPSA) is 68.4 Å². The molecule has 3 heterocycles. The summed E-state index contributed by atoms with van der Waals surface area (Å²) >= 11 is 0. The van der Waals surface area contributed by atoms with Crippen LogP contribution in [0.2, 0.25) is 0 Å². The van der Waals surface area contributed by atoms with Gasteiger partial charge in [0.1, 0.15) is 0 Å². The van der Waals surface area contributed by atoms with E-state index in [1.54, 1.807) is 0 Å². The molecule has 7 nitrogen and oxygen atoms in total. The van der Waals surface area contributed by atoms with E-state index < -0.39 is 0 Å². The second-order valence-electron chi connectivity index (χ2n) is 4.38. The van der Waals surface area contributed by atoms with Crippen molar-refractivity contribution in [1.29, 1.82) is 0 Å². The summed E-state index contributed by atoms with van der Waals surface area (Å²) in [5.41, 5.74) is 0.664. The maximum absolute atomic E-state index is 5.69. The SMILES string of the molecule is CCOC1CCCN(c2ccc3nnnn3n2)C1. The van der Waals surface area contributed by atoms with Gasteiger partial charge < -0.3 is 9.64 Å². The molecule has 1 saturated heterocycles. The minimum Gasteiger partial charge on any atom is -0.377 e. The van der Waals surface area contributed by atoms with E-state index >= 15 is 0 Å². The van der Waals surface area contributed by atoms with Gasteiger partial charge in [-0.25, -0.2) is 0 Å². The Morgan fingerprint density at radius 2 is 2.39 bits per heavy atom. The average Bonchev–Trinajstić information content (AvgIpc) is 2.86. The van der Waals surface area contributed by atoms with Gasteiger partial charge in [0.15, 0.2) is 11.5 Å². The zero-order valence-electron chi connectivity index (χ0n) is 10.4. The molecule has 2 aromatic rings. The van der Waals surface area contributed by atoms with Crippen molar-refractivity contribution in [3.05, 3.63) is 12.1 Å². The van der Waals surface area contributed by atoms with Gasteiger partial charge in [0.2, 0.25) is 0 Å². The fraction of sp³-hybridized carbons (Fsp3) is 0.636. The van der Waals surface area contributed by atoms with Crippen molar-refractivity contribution in [2.24, 2.45) is 0 Å². The molecule has 0 spiro atoms. The molecule has 1 fully saturated rings. The number of piperidine rings is 1. The van der Waals surface area contributed by atoms with Gasteiger partial charge >= 0.3 is 0 Å². The van der Waals surface area contributed by atoms with Gasteiger partial charge in [-0.1, -0.05) is 0 Å². The molecule has 0 N–H and O–H groups in total. The Morgan fingerprint density at radius 1 is 1.44 bits per heavy atom. The van der Waals surface area contributed by atoms with E-state index in [0.717, 1.165) is 38.4 Å². The molecule has 0 saturated carbocycles. The standard InChI is InChI=1S/C11H16N6O/c1-2-18-9-4-3-7-16(8-9)11-6-5-10-12-14-15-17(10)13-11/h5-6,9H,2-4,7-8H2,1H3. The third-order valence-corrected chi connectivity index (χ3v) is 3.16. The first kappa shape index (κ1) is 11.3. The highest BCUT2D eigenvalue weighted by atomic mass is 16.5. The summed E-state index contributed by atoms with van der Waals surface area (Å²) in [7, 11) is 0. The average molecular weight is 248 g/mol. The van der Waals surface area contributed by atoms with Gasteiger partial charge in [-0.3, -0.25) is 0 Å². The van der Waals surface area contributed by atoms with Crippen molar-refractivity contribution >= 4 is 11.5 Å². The summed E-state index contributed by atoms with van der Waals surface area (Å²) in [4.78, 5) is 2.23. The van der Waals surface area contributed by atoms with E-state index in [0.29, 0.717) is 11.8 Å². The van der Waals surface area contributed by atoms with Crippen LogP contribution in [0.1, 0.15) is 19.8 Å². The largest absolute Gasteiger partial charge is 0.377 e. The number of hydrogen-bond acceptors (Lipinski definition) is 6. The summed E-state index contributed by atoms with van der Waals surface area (Å²) in [6.07, 6.45) is 2.55. The maximum atomic E-state index is 5.69. The van der Waals surface area contributed by atoms with Gasteiger partial charge in [0.25, 0.3) is 0 Å². The van der Waals surface area contributed by atoms with Crippen LogP contribution in [0.15, 0.2) is 12.1 Å². The highest BCUT2D eigenvalue weighted by molar-refractivity contribution is 5.44. The Labute approximate surface area is 105 Å². The maximum Gasteiger partial charge on any atom is 0.200 e. The second-order valence-corrected chi connectivity index (χ2v) is 4.38. The van der Waals surface area contributed by atoms with Crippen molar-refractivity contribution in [3.63, 3.8) is 0 Å². The van der Waals surface area contributed by atoms with Gasteiger partial charge in [-0.05, 0) is 42.3 Å². The van der Waals surface area contributed by atoms with Gasteiger partial charge in [-0.15, -0.1) is 14.8 Å². The van der Waals surface area contributed by atoms with Crippen molar-refractivity contribution in [1.82, 2.24) is 25.3 Å². The first-order chi connectivity index (χ1) is 8.86. The lowest BCUT2D eigenvalue weighted by Crippen LogP contribution is -2.40. The summed E-state index contributed by atoms with van der Waals surface area (Å²) in [5, 5.41) is 15.7. The Bertz CT molecular complexity index is 525. The molecular formula is C11H16N6O. The van der Waals surface area contributed by atoms with Gasteiger partial charge in [0.05, 0.1) is 6.10 Å². The first-order valence-electron chi connectivity index (χ1n) is 6.29. The van der Waals surface area contributed by atoms with Crippen molar-refractivity contribution in [3.8, 4) is 0 Å². The van der Waals surface area contributed by atoms with E-state index in [-0.39, 0.29) is 0 Å². The van der Waals surface area contributed by atoms with Gasteiger partial charge in [0, 0.05) is 19.7 Å². The zero-order chi connectivity index (χ0) is 12.4. The molecule has 1 aliphatic heterocycles. The van der Waals surface area contributed by atoms with Crippen LogP contribution in [0.4, 0.5) is 5.82 Å². The Hall–Kier alpha value is -1.76. The van der Waals surface area contributed by atoms with Crippen LogP contribution in [0.25, 0.3) is 5.65 Å². The predicted octanol–water partition coefficient (Wildman–Crippen LogP) is 0.525. The summed E-state index contributed by atoms with van der Waals surface area (Å²) in [6.45, 7) is 4.68. The monoisotopic (exact) mass is 248 g/mol. The molecule has 0 bridgehead atoms. The fourth-order valence-electron chi connectivity index (χ4n) is 2.33. The fourth-order valence-corrected chi connectivity index (χ4v) is 2.33. The number of hydrogen-bond donors (Lipinski definition) is 0.